The summed E-state index contributed by atoms with van der Waals surface area (Å²) in [6, 6.07) is 0.126. The Kier molecular flexibility index (Phi) is 2.24. The van der Waals surface area contributed by atoms with E-state index in [4.69, 9.17) is 0 Å². The highest BCUT2D eigenvalue weighted by molar-refractivity contribution is 6.01. The second-order valence-corrected chi connectivity index (χ2v) is 2.91. The molecule has 1 N–H and O–H groups in total. The van der Waals surface area contributed by atoms with Gasteiger partial charge in [-0.25, -0.2) is 10.4 Å². The first-order valence-electron chi connectivity index (χ1n) is 3.73. The van der Waals surface area contributed by atoms with Crippen LogP contribution >= 0.6 is 0 Å². The van der Waals surface area contributed by atoms with Gasteiger partial charge in [0, 0.05) is 18.9 Å². The highest BCUT2D eigenvalue weighted by atomic mass is 16.2. The molecular formula is C7H12N2O2. The van der Waals surface area contributed by atoms with Gasteiger partial charge in [0.1, 0.15) is 0 Å². The van der Waals surface area contributed by atoms with Crippen molar-refractivity contribution in [1.82, 2.24) is 10.4 Å². The van der Waals surface area contributed by atoms with E-state index in [0.29, 0.717) is 12.8 Å². The molecule has 1 fully saturated rings. The third-order valence-corrected chi connectivity index (χ3v) is 1.44. The number of carbonyl (C=O) groups is 2. The maximum absolute atomic E-state index is 11.0. The van der Waals surface area contributed by atoms with E-state index in [9.17, 15) is 9.59 Å². The molecular weight excluding hydrogens is 144 g/mol. The van der Waals surface area contributed by atoms with Gasteiger partial charge in [-0.1, -0.05) is 0 Å². The highest BCUT2D eigenvalue weighted by Crippen LogP contribution is 2.08. The quantitative estimate of drug-likeness (QED) is 0.575. The summed E-state index contributed by atoms with van der Waals surface area (Å²) in [6.07, 6.45) is 0.692. The molecule has 62 valence electrons. The van der Waals surface area contributed by atoms with Crippen LogP contribution < -0.4 is 5.43 Å². The molecule has 0 unspecified atom stereocenters. The fraction of sp³-hybridized carbons (Fsp3) is 0.714. The van der Waals surface area contributed by atoms with Crippen LogP contribution in [0.15, 0.2) is 0 Å². The average molecular weight is 156 g/mol. The van der Waals surface area contributed by atoms with Crippen LogP contribution in [0.3, 0.4) is 0 Å². The van der Waals surface area contributed by atoms with Crippen molar-refractivity contribution in [3.05, 3.63) is 0 Å². The van der Waals surface area contributed by atoms with E-state index in [1.807, 2.05) is 13.8 Å². The van der Waals surface area contributed by atoms with Crippen molar-refractivity contribution in [2.24, 2.45) is 0 Å². The van der Waals surface area contributed by atoms with Crippen molar-refractivity contribution in [1.29, 1.82) is 0 Å². The molecule has 0 atom stereocenters. The third kappa shape index (κ3) is 1.77. The van der Waals surface area contributed by atoms with Crippen LogP contribution in [0.1, 0.15) is 26.7 Å². The number of rotatable bonds is 2. The van der Waals surface area contributed by atoms with Crippen LogP contribution in [0.5, 0.6) is 0 Å². The fourth-order valence-corrected chi connectivity index (χ4v) is 0.979. The summed E-state index contributed by atoms with van der Waals surface area (Å²) in [7, 11) is 0. The van der Waals surface area contributed by atoms with Crippen molar-refractivity contribution < 1.29 is 9.59 Å². The second kappa shape index (κ2) is 3.00. The molecule has 4 nitrogen and oxygen atoms in total. The molecule has 0 bridgehead atoms. The topological polar surface area (TPSA) is 49.4 Å². The van der Waals surface area contributed by atoms with Crippen molar-refractivity contribution >= 4 is 11.8 Å². The molecule has 1 rings (SSSR count). The number of hydrogen-bond donors (Lipinski definition) is 1. The van der Waals surface area contributed by atoms with Crippen molar-refractivity contribution in [2.75, 3.05) is 0 Å². The predicted molar refractivity (Wildman–Crippen MR) is 39.4 cm³/mol. The Morgan fingerprint density at radius 3 is 2.09 bits per heavy atom. The van der Waals surface area contributed by atoms with Crippen LogP contribution in [0.25, 0.3) is 0 Å². The largest absolute Gasteiger partial charge is 0.273 e. The first kappa shape index (κ1) is 8.20. The molecule has 2 amide bonds. The number of hydrazine groups is 1. The van der Waals surface area contributed by atoms with Gasteiger partial charge in [-0.15, -0.1) is 0 Å². The lowest BCUT2D eigenvalue weighted by Gasteiger charge is -2.17. The SMILES string of the molecule is CC(C)NN1C(=O)CCC1=O. The lowest BCUT2D eigenvalue weighted by Crippen LogP contribution is -2.45. The van der Waals surface area contributed by atoms with Gasteiger partial charge < -0.3 is 0 Å². The van der Waals surface area contributed by atoms with Gasteiger partial charge in [-0.2, -0.15) is 0 Å². The zero-order valence-electron chi connectivity index (χ0n) is 6.76. The van der Waals surface area contributed by atoms with Gasteiger partial charge >= 0.3 is 0 Å². The van der Waals surface area contributed by atoms with Gasteiger partial charge in [-0.05, 0) is 13.8 Å². The number of nitrogens with zero attached hydrogens (tertiary/aromatic N) is 1. The van der Waals surface area contributed by atoms with E-state index in [-0.39, 0.29) is 17.9 Å². The summed E-state index contributed by atoms with van der Waals surface area (Å²) < 4.78 is 0. The molecule has 4 heteroatoms. The zero-order chi connectivity index (χ0) is 8.43. The Labute approximate surface area is 65.5 Å². The summed E-state index contributed by atoms with van der Waals surface area (Å²) in [4.78, 5) is 21.9. The first-order chi connectivity index (χ1) is 5.11. The van der Waals surface area contributed by atoms with Crippen LogP contribution in [-0.4, -0.2) is 22.9 Å². The van der Waals surface area contributed by atoms with Gasteiger partial charge in [0.2, 0.25) is 11.8 Å². The predicted octanol–water partition coefficient (Wildman–Crippen LogP) is 0.0484. The van der Waals surface area contributed by atoms with Gasteiger partial charge in [-0.3, -0.25) is 9.59 Å². The number of carbonyl (C=O) groups excluding carboxylic acids is 2. The normalized spacial score (nSPS) is 18.6. The lowest BCUT2D eigenvalue weighted by molar-refractivity contribution is -0.142. The van der Waals surface area contributed by atoms with Gasteiger partial charge in [0.05, 0.1) is 0 Å². The molecule has 1 heterocycles. The molecule has 0 aromatic carbocycles. The van der Waals surface area contributed by atoms with Gasteiger partial charge in [0.15, 0.2) is 0 Å². The molecule has 0 radical (unpaired) electrons. The summed E-state index contributed by atoms with van der Waals surface area (Å²) in [5, 5.41) is 1.12. The number of imide groups is 1. The molecule has 0 aromatic heterocycles. The molecule has 1 aliphatic rings. The van der Waals surface area contributed by atoms with E-state index in [2.05, 4.69) is 5.43 Å². The maximum atomic E-state index is 11.0. The summed E-state index contributed by atoms with van der Waals surface area (Å²) in [5.41, 5.74) is 2.78. The van der Waals surface area contributed by atoms with Crippen molar-refractivity contribution in [3.63, 3.8) is 0 Å². The Hall–Kier alpha value is -0.900. The number of hydrogen-bond acceptors (Lipinski definition) is 3. The zero-order valence-corrected chi connectivity index (χ0v) is 6.76. The van der Waals surface area contributed by atoms with Crippen molar-refractivity contribution in [3.8, 4) is 0 Å². The first-order valence-corrected chi connectivity index (χ1v) is 3.73. The van der Waals surface area contributed by atoms with E-state index >= 15 is 0 Å². The molecule has 11 heavy (non-hydrogen) atoms. The molecule has 0 aromatic rings. The Morgan fingerprint density at radius 1 is 1.27 bits per heavy atom. The van der Waals surface area contributed by atoms with E-state index in [1.54, 1.807) is 0 Å². The Balaban J connectivity index is 2.55. The summed E-state index contributed by atoms with van der Waals surface area (Å²) in [5.74, 6) is -0.243. The summed E-state index contributed by atoms with van der Waals surface area (Å²) in [6.45, 7) is 3.78. The Bertz CT molecular complexity index is 173. The second-order valence-electron chi connectivity index (χ2n) is 2.91. The molecule has 1 aliphatic heterocycles. The van der Waals surface area contributed by atoms with Gasteiger partial charge in [0.25, 0.3) is 0 Å². The van der Waals surface area contributed by atoms with E-state index in [1.165, 1.54) is 0 Å². The highest BCUT2D eigenvalue weighted by Gasteiger charge is 2.28. The minimum atomic E-state index is -0.122. The minimum Gasteiger partial charge on any atom is -0.273 e. The maximum Gasteiger partial charge on any atom is 0.244 e. The molecule has 0 saturated carbocycles. The summed E-state index contributed by atoms with van der Waals surface area (Å²) >= 11 is 0. The average Bonchev–Trinajstić information content (AvgIpc) is 2.18. The van der Waals surface area contributed by atoms with Crippen LogP contribution in [0.4, 0.5) is 0 Å². The van der Waals surface area contributed by atoms with Crippen LogP contribution in [-0.2, 0) is 9.59 Å². The molecule has 0 aliphatic carbocycles. The molecule has 1 saturated heterocycles. The third-order valence-electron chi connectivity index (χ3n) is 1.44. The Morgan fingerprint density at radius 2 is 1.73 bits per heavy atom. The van der Waals surface area contributed by atoms with E-state index in [0.717, 1.165) is 5.01 Å². The fourth-order valence-electron chi connectivity index (χ4n) is 0.979. The van der Waals surface area contributed by atoms with Crippen molar-refractivity contribution in [2.45, 2.75) is 32.7 Å². The smallest absolute Gasteiger partial charge is 0.244 e. The van der Waals surface area contributed by atoms with Crippen LogP contribution in [0, 0.1) is 0 Å². The molecule has 0 spiro atoms. The lowest BCUT2D eigenvalue weighted by atomic mass is 10.4. The van der Waals surface area contributed by atoms with Crippen LogP contribution in [0.2, 0.25) is 0 Å². The number of nitrogens with one attached hydrogen (secondary N) is 1. The number of amides is 2. The monoisotopic (exact) mass is 156 g/mol. The standard InChI is InChI=1S/C7H12N2O2/c1-5(2)8-9-6(10)3-4-7(9)11/h5,8H,3-4H2,1-2H3. The minimum absolute atomic E-state index is 0.122. The van der Waals surface area contributed by atoms with E-state index < -0.39 is 0 Å².